The van der Waals surface area contributed by atoms with E-state index in [9.17, 15) is 23.1 Å². The highest BCUT2D eigenvalue weighted by molar-refractivity contribution is 5.94. The minimum absolute atomic E-state index is 0. The van der Waals surface area contributed by atoms with Crippen LogP contribution in [-0.2, 0) is 11.0 Å². The number of alkyl halides is 3. The van der Waals surface area contributed by atoms with Crippen LogP contribution in [0, 0.1) is 0 Å². The summed E-state index contributed by atoms with van der Waals surface area (Å²) < 4.78 is 47.4. The van der Waals surface area contributed by atoms with Gasteiger partial charge in [0.25, 0.3) is 0 Å². The number of carboxylic acids is 1. The average molecular weight is 508 g/mol. The van der Waals surface area contributed by atoms with Gasteiger partial charge in [-0.05, 0) is 45.6 Å². The number of pyridine rings is 1. The zero-order valence-electron chi connectivity index (χ0n) is 18.4. The normalized spacial score (nSPS) is 15.4. The minimum atomic E-state index is -4.66. The molecule has 11 heteroatoms. The van der Waals surface area contributed by atoms with Crippen molar-refractivity contribution in [3.8, 4) is 5.88 Å². The molecule has 182 valence electrons. The van der Waals surface area contributed by atoms with Gasteiger partial charge in [0, 0.05) is 29.7 Å². The summed E-state index contributed by atoms with van der Waals surface area (Å²) in [7, 11) is 3.50. The Labute approximate surface area is 202 Å². The molecule has 0 spiro atoms. The maximum absolute atomic E-state index is 13.9. The predicted molar refractivity (Wildman–Crippen MR) is 125 cm³/mol. The Kier molecular flexibility index (Phi) is 9.59. The quantitative estimate of drug-likeness (QED) is 0.560. The SMILES string of the molecule is CC(C)Oc1nccc2c1C(c1ccccc1C(F)(F)F)C(C(=O)O)=C(CN(C)C)N2.Cl.Cl. The molecule has 6 nitrogen and oxygen atoms in total. The second kappa shape index (κ2) is 11.1. The molecule has 1 atom stereocenters. The van der Waals surface area contributed by atoms with Gasteiger partial charge in [-0.3, -0.25) is 0 Å². The zero-order chi connectivity index (χ0) is 22.9. The number of halogens is 5. The number of rotatable bonds is 6. The highest BCUT2D eigenvalue weighted by atomic mass is 35.5. The minimum Gasteiger partial charge on any atom is -0.478 e. The Morgan fingerprint density at radius 2 is 1.85 bits per heavy atom. The van der Waals surface area contributed by atoms with E-state index in [-0.39, 0.29) is 60.0 Å². The van der Waals surface area contributed by atoms with Gasteiger partial charge in [0.05, 0.1) is 23.2 Å². The van der Waals surface area contributed by atoms with Gasteiger partial charge >= 0.3 is 12.1 Å². The number of anilines is 1. The van der Waals surface area contributed by atoms with Crippen LogP contribution >= 0.6 is 24.8 Å². The number of carboxylic acid groups (broad SMARTS) is 1. The standard InChI is InChI=1S/C22H24F3N3O3.2ClH/c1-12(2)31-20-18-15(9-10-26-20)27-16(11-28(3)4)19(21(29)30)17(18)13-7-5-6-8-14(13)22(23,24)25;;/h5-10,12,17,27H,11H2,1-4H3,(H,29,30);2*1H. The van der Waals surface area contributed by atoms with Crippen LogP contribution in [0.4, 0.5) is 18.9 Å². The number of ether oxygens (including phenoxy) is 1. The van der Waals surface area contributed by atoms with Gasteiger partial charge < -0.3 is 20.1 Å². The summed E-state index contributed by atoms with van der Waals surface area (Å²) in [4.78, 5) is 18.3. The van der Waals surface area contributed by atoms with Gasteiger partial charge in [0.1, 0.15) is 0 Å². The van der Waals surface area contributed by atoms with E-state index in [4.69, 9.17) is 4.74 Å². The second-order valence-electron chi connectivity index (χ2n) is 7.82. The van der Waals surface area contributed by atoms with Crippen molar-refractivity contribution in [3.05, 3.63) is 64.5 Å². The number of hydrogen-bond donors (Lipinski definition) is 2. The molecule has 0 saturated heterocycles. The highest BCUT2D eigenvalue weighted by Crippen LogP contribution is 2.48. The summed E-state index contributed by atoms with van der Waals surface area (Å²) in [5, 5.41) is 13.2. The number of hydrogen-bond acceptors (Lipinski definition) is 5. The molecule has 2 heterocycles. The molecule has 1 aliphatic heterocycles. The maximum atomic E-state index is 13.9. The molecule has 0 aliphatic carbocycles. The number of fused-ring (bicyclic) bond motifs is 1. The van der Waals surface area contributed by atoms with Crippen molar-refractivity contribution in [3.63, 3.8) is 0 Å². The van der Waals surface area contributed by atoms with Gasteiger partial charge in [0.2, 0.25) is 5.88 Å². The maximum Gasteiger partial charge on any atom is 0.416 e. The summed E-state index contributed by atoms with van der Waals surface area (Å²) in [5.74, 6) is -2.43. The molecule has 1 aromatic carbocycles. The zero-order valence-corrected chi connectivity index (χ0v) is 20.1. The van der Waals surface area contributed by atoms with Gasteiger partial charge in [0.15, 0.2) is 0 Å². The van der Waals surface area contributed by atoms with Crippen molar-refractivity contribution in [1.29, 1.82) is 0 Å². The lowest BCUT2D eigenvalue weighted by atomic mass is 9.79. The largest absolute Gasteiger partial charge is 0.478 e. The van der Waals surface area contributed by atoms with E-state index in [2.05, 4.69) is 10.3 Å². The second-order valence-corrected chi connectivity index (χ2v) is 7.82. The fourth-order valence-corrected chi connectivity index (χ4v) is 3.72. The van der Waals surface area contributed by atoms with Crippen LogP contribution in [-0.4, -0.2) is 47.7 Å². The van der Waals surface area contributed by atoms with Gasteiger partial charge in [-0.1, -0.05) is 18.2 Å². The van der Waals surface area contributed by atoms with E-state index in [0.717, 1.165) is 6.07 Å². The molecule has 1 aliphatic rings. The van der Waals surface area contributed by atoms with Crippen LogP contribution in [0.1, 0.15) is 36.5 Å². The molecular weight excluding hydrogens is 482 g/mol. The van der Waals surface area contributed by atoms with Crippen LogP contribution in [0.25, 0.3) is 0 Å². The Hall–Kier alpha value is -2.49. The lowest BCUT2D eigenvalue weighted by Crippen LogP contribution is -2.31. The molecule has 1 unspecified atom stereocenters. The van der Waals surface area contributed by atoms with Crippen molar-refractivity contribution in [2.45, 2.75) is 32.0 Å². The number of aromatic nitrogens is 1. The third-order valence-electron chi connectivity index (χ3n) is 4.77. The van der Waals surface area contributed by atoms with Crippen LogP contribution in [0.5, 0.6) is 5.88 Å². The molecule has 2 N–H and O–H groups in total. The average Bonchev–Trinajstić information content (AvgIpc) is 2.65. The lowest BCUT2D eigenvalue weighted by Gasteiger charge is -2.33. The smallest absolute Gasteiger partial charge is 0.416 e. The van der Waals surface area contributed by atoms with Crippen LogP contribution in [0.3, 0.4) is 0 Å². The molecule has 33 heavy (non-hydrogen) atoms. The van der Waals surface area contributed by atoms with Crippen molar-refractivity contribution in [1.82, 2.24) is 9.88 Å². The predicted octanol–water partition coefficient (Wildman–Crippen LogP) is 5.19. The number of nitrogens with zero attached hydrogens (tertiary/aromatic N) is 2. The number of aliphatic carboxylic acids is 1. The molecule has 1 aromatic heterocycles. The molecule has 2 aromatic rings. The van der Waals surface area contributed by atoms with E-state index in [1.165, 1.54) is 24.4 Å². The third-order valence-corrected chi connectivity index (χ3v) is 4.77. The molecule has 3 rings (SSSR count). The summed E-state index contributed by atoms with van der Waals surface area (Å²) in [5.41, 5.74) is -0.168. The topological polar surface area (TPSA) is 74.7 Å². The Morgan fingerprint density at radius 1 is 1.21 bits per heavy atom. The highest BCUT2D eigenvalue weighted by Gasteiger charge is 2.42. The van der Waals surface area contributed by atoms with Crippen molar-refractivity contribution >= 4 is 36.5 Å². The Morgan fingerprint density at radius 3 is 2.39 bits per heavy atom. The molecule has 0 saturated carbocycles. The van der Waals surface area contributed by atoms with Crippen LogP contribution in [0.2, 0.25) is 0 Å². The summed E-state index contributed by atoms with van der Waals surface area (Å²) in [6, 6.07) is 6.64. The van der Waals surface area contributed by atoms with Gasteiger partial charge in [-0.2, -0.15) is 13.2 Å². The fraction of sp³-hybridized carbons (Fsp3) is 0.364. The van der Waals surface area contributed by atoms with Crippen molar-refractivity contribution in [2.75, 3.05) is 26.0 Å². The third kappa shape index (κ3) is 6.10. The van der Waals surface area contributed by atoms with E-state index in [0.29, 0.717) is 11.4 Å². The summed E-state index contributed by atoms with van der Waals surface area (Å²) in [6.07, 6.45) is -3.48. The number of carbonyl (C=O) groups is 1. The molecule has 0 bridgehead atoms. The first-order valence-corrected chi connectivity index (χ1v) is 9.70. The monoisotopic (exact) mass is 507 g/mol. The Balaban J connectivity index is 0.00000272. The van der Waals surface area contributed by atoms with E-state index >= 15 is 0 Å². The summed E-state index contributed by atoms with van der Waals surface area (Å²) >= 11 is 0. The fourth-order valence-electron chi connectivity index (χ4n) is 3.72. The number of nitrogens with one attached hydrogen (secondary N) is 1. The van der Waals surface area contributed by atoms with Crippen molar-refractivity contribution < 1.29 is 27.8 Å². The Bertz CT molecular complexity index is 1030. The first-order chi connectivity index (χ1) is 14.5. The molecular formula is C22H26Cl2F3N3O3. The van der Waals surface area contributed by atoms with Gasteiger partial charge in [-0.15, -0.1) is 24.8 Å². The summed E-state index contributed by atoms with van der Waals surface area (Å²) in [6.45, 7) is 3.73. The molecule has 0 radical (unpaired) electrons. The first kappa shape index (κ1) is 28.5. The number of likely N-dealkylation sites (N-methyl/N-ethyl adjacent to an activating group) is 1. The molecule has 0 amide bonds. The lowest BCUT2D eigenvalue weighted by molar-refractivity contribution is -0.139. The van der Waals surface area contributed by atoms with E-state index < -0.39 is 23.6 Å². The van der Waals surface area contributed by atoms with Crippen LogP contribution < -0.4 is 10.1 Å². The first-order valence-electron chi connectivity index (χ1n) is 9.70. The number of benzene rings is 1. The van der Waals surface area contributed by atoms with Crippen LogP contribution in [0.15, 0.2) is 47.8 Å². The van der Waals surface area contributed by atoms with Crippen molar-refractivity contribution in [2.24, 2.45) is 0 Å². The van der Waals surface area contributed by atoms with E-state index in [1.54, 1.807) is 38.9 Å². The molecule has 0 fully saturated rings. The van der Waals surface area contributed by atoms with Gasteiger partial charge in [-0.25, -0.2) is 9.78 Å². The van der Waals surface area contributed by atoms with E-state index in [1.807, 2.05) is 0 Å².